The summed E-state index contributed by atoms with van der Waals surface area (Å²) in [6.45, 7) is 1.09. The summed E-state index contributed by atoms with van der Waals surface area (Å²) in [5.41, 5.74) is 1.76. The fourth-order valence-electron chi connectivity index (χ4n) is 2.29. The van der Waals surface area contributed by atoms with Crippen molar-refractivity contribution in [3.63, 3.8) is 0 Å². The van der Waals surface area contributed by atoms with Gasteiger partial charge in [-0.2, -0.15) is 5.10 Å². The average Bonchev–Trinajstić information content (AvgIpc) is 2.84. The van der Waals surface area contributed by atoms with Crippen molar-refractivity contribution < 1.29 is 4.79 Å². The van der Waals surface area contributed by atoms with E-state index >= 15 is 0 Å². The quantitative estimate of drug-likeness (QED) is 0.803. The van der Waals surface area contributed by atoms with E-state index in [0.717, 1.165) is 22.3 Å². The second-order valence-corrected chi connectivity index (χ2v) is 5.54. The molecule has 1 atom stereocenters. The van der Waals surface area contributed by atoms with Gasteiger partial charge in [-0.3, -0.25) is 9.80 Å². The minimum absolute atomic E-state index is 0.104. The minimum Gasteiger partial charge on any atom is -0.292 e. The molecule has 2 aliphatic rings. The van der Waals surface area contributed by atoms with Crippen LogP contribution >= 0.6 is 15.9 Å². The van der Waals surface area contributed by atoms with Crippen LogP contribution in [0.5, 0.6) is 0 Å². The predicted octanol–water partition coefficient (Wildman–Crippen LogP) is 3.01. The standard InChI is InChI=1S/C15H13BrN2O/c16-13-7-4-8-14-12(13)9-18(17-14)10-15(19)11-5-2-1-3-6-11/h1-8,12H,9-10H2. The molecule has 0 N–H and O–H groups in total. The molecule has 0 bridgehead atoms. The minimum atomic E-state index is 0.104. The van der Waals surface area contributed by atoms with Crippen molar-refractivity contribution in [1.29, 1.82) is 0 Å². The van der Waals surface area contributed by atoms with Crippen molar-refractivity contribution in [1.82, 2.24) is 5.01 Å². The van der Waals surface area contributed by atoms with E-state index in [-0.39, 0.29) is 11.7 Å². The summed E-state index contributed by atoms with van der Waals surface area (Å²) >= 11 is 3.55. The Morgan fingerprint density at radius 2 is 2.16 bits per heavy atom. The van der Waals surface area contributed by atoms with Crippen LogP contribution in [0.15, 0.2) is 58.1 Å². The summed E-state index contributed by atoms with van der Waals surface area (Å²) in [4.78, 5) is 12.1. The maximum Gasteiger partial charge on any atom is 0.183 e. The van der Waals surface area contributed by atoms with E-state index in [1.807, 2.05) is 53.6 Å². The zero-order valence-electron chi connectivity index (χ0n) is 10.3. The molecule has 0 spiro atoms. The van der Waals surface area contributed by atoms with Crippen LogP contribution in [0.2, 0.25) is 0 Å². The number of carbonyl (C=O) groups excluding carboxylic acids is 1. The number of hydrogen-bond donors (Lipinski definition) is 0. The van der Waals surface area contributed by atoms with Crippen LogP contribution < -0.4 is 0 Å². The molecule has 1 unspecified atom stereocenters. The van der Waals surface area contributed by atoms with Gasteiger partial charge in [0.2, 0.25) is 0 Å². The first-order valence-electron chi connectivity index (χ1n) is 6.19. The van der Waals surface area contributed by atoms with Gasteiger partial charge in [0.25, 0.3) is 0 Å². The number of halogens is 1. The zero-order valence-corrected chi connectivity index (χ0v) is 11.9. The summed E-state index contributed by atoms with van der Waals surface area (Å²) in [7, 11) is 0. The average molecular weight is 317 g/mol. The van der Waals surface area contributed by atoms with E-state index in [2.05, 4.69) is 21.0 Å². The van der Waals surface area contributed by atoms with Crippen LogP contribution in [0.1, 0.15) is 10.4 Å². The van der Waals surface area contributed by atoms with Gasteiger partial charge in [-0.1, -0.05) is 58.4 Å². The molecular formula is C15H13BrN2O. The summed E-state index contributed by atoms with van der Waals surface area (Å²) in [6.07, 6.45) is 6.01. The number of hydrazone groups is 1. The van der Waals surface area contributed by atoms with E-state index in [9.17, 15) is 4.79 Å². The first kappa shape index (κ1) is 12.4. The van der Waals surface area contributed by atoms with Gasteiger partial charge in [0.05, 0.1) is 18.2 Å². The molecule has 4 heteroatoms. The van der Waals surface area contributed by atoms with Crippen molar-refractivity contribution in [3.05, 3.63) is 58.6 Å². The fourth-order valence-corrected chi connectivity index (χ4v) is 2.82. The predicted molar refractivity (Wildman–Crippen MR) is 79.4 cm³/mol. The third-order valence-electron chi connectivity index (χ3n) is 3.28. The molecule has 1 aliphatic carbocycles. The monoisotopic (exact) mass is 316 g/mol. The highest BCUT2D eigenvalue weighted by molar-refractivity contribution is 9.11. The van der Waals surface area contributed by atoms with Crippen molar-refractivity contribution in [2.75, 3.05) is 13.1 Å². The number of Topliss-reactive ketones (excluding diaryl/α,β-unsaturated/α-hetero) is 1. The summed E-state index contributed by atoms with van der Waals surface area (Å²) in [5, 5.41) is 6.34. The Morgan fingerprint density at radius 1 is 1.37 bits per heavy atom. The number of nitrogens with zero attached hydrogens (tertiary/aromatic N) is 2. The maximum atomic E-state index is 12.1. The molecule has 19 heavy (non-hydrogen) atoms. The van der Waals surface area contributed by atoms with Crippen molar-refractivity contribution >= 4 is 27.4 Å². The summed E-state index contributed by atoms with van der Waals surface area (Å²) in [5.74, 6) is 0.376. The highest BCUT2D eigenvalue weighted by atomic mass is 79.9. The first-order valence-corrected chi connectivity index (χ1v) is 6.99. The Kier molecular flexibility index (Phi) is 3.34. The van der Waals surface area contributed by atoms with Crippen LogP contribution in [0.25, 0.3) is 0 Å². The van der Waals surface area contributed by atoms with Crippen LogP contribution in [-0.2, 0) is 0 Å². The van der Waals surface area contributed by atoms with Gasteiger partial charge in [-0.25, -0.2) is 0 Å². The number of fused-ring (bicyclic) bond motifs is 1. The lowest BCUT2D eigenvalue weighted by Gasteiger charge is -2.15. The molecule has 96 valence electrons. The third-order valence-corrected chi connectivity index (χ3v) is 4.10. The molecule has 1 aromatic rings. The molecule has 1 aromatic carbocycles. The summed E-state index contributed by atoms with van der Waals surface area (Å²) < 4.78 is 1.13. The number of rotatable bonds is 3. The topological polar surface area (TPSA) is 32.7 Å². The molecule has 0 aromatic heterocycles. The molecule has 3 rings (SSSR count). The Morgan fingerprint density at radius 3 is 2.89 bits per heavy atom. The highest BCUT2D eigenvalue weighted by Gasteiger charge is 2.29. The van der Waals surface area contributed by atoms with E-state index < -0.39 is 0 Å². The van der Waals surface area contributed by atoms with Gasteiger partial charge in [0.15, 0.2) is 5.78 Å². The third kappa shape index (κ3) is 2.54. The van der Waals surface area contributed by atoms with Gasteiger partial charge in [-0.15, -0.1) is 0 Å². The maximum absolute atomic E-state index is 12.1. The number of ketones is 1. The Bertz CT molecular complexity index is 589. The Labute approximate surface area is 120 Å². The van der Waals surface area contributed by atoms with Crippen LogP contribution in [0.3, 0.4) is 0 Å². The highest BCUT2D eigenvalue weighted by Crippen LogP contribution is 2.29. The molecular weight excluding hydrogens is 304 g/mol. The molecule has 0 saturated heterocycles. The van der Waals surface area contributed by atoms with E-state index in [4.69, 9.17) is 0 Å². The van der Waals surface area contributed by atoms with Gasteiger partial charge < -0.3 is 0 Å². The van der Waals surface area contributed by atoms with E-state index in [1.165, 1.54) is 0 Å². The van der Waals surface area contributed by atoms with Gasteiger partial charge >= 0.3 is 0 Å². The number of hydrogen-bond acceptors (Lipinski definition) is 3. The van der Waals surface area contributed by atoms with Gasteiger partial charge in [0, 0.05) is 16.6 Å². The van der Waals surface area contributed by atoms with Crippen molar-refractivity contribution in [3.8, 4) is 0 Å². The Balaban J connectivity index is 1.70. The SMILES string of the molecule is O=C(CN1CC2C(Br)=CC=CC2=N1)c1ccccc1. The smallest absolute Gasteiger partial charge is 0.183 e. The number of benzene rings is 1. The van der Waals surface area contributed by atoms with E-state index in [1.54, 1.807) is 0 Å². The zero-order chi connectivity index (χ0) is 13.2. The van der Waals surface area contributed by atoms with Crippen molar-refractivity contribution in [2.45, 2.75) is 0 Å². The van der Waals surface area contributed by atoms with Gasteiger partial charge in [-0.05, 0) is 6.08 Å². The fraction of sp³-hybridized carbons (Fsp3) is 0.200. The lowest BCUT2D eigenvalue weighted by molar-refractivity contribution is 0.0937. The molecule has 0 amide bonds. The molecule has 0 saturated carbocycles. The lowest BCUT2D eigenvalue weighted by Crippen LogP contribution is -2.26. The van der Waals surface area contributed by atoms with Crippen LogP contribution in [0.4, 0.5) is 0 Å². The largest absolute Gasteiger partial charge is 0.292 e. The Hall–Kier alpha value is -1.68. The molecule has 1 aliphatic heterocycles. The molecule has 0 fully saturated rings. The molecule has 3 nitrogen and oxygen atoms in total. The second kappa shape index (κ2) is 5.13. The lowest BCUT2D eigenvalue weighted by atomic mass is 10.00. The number of carbonyl (C=O) groups is 1. The van der Waals surface area contributed by atoms with Crippen LogP contribution in [0, 0.1) is 5.92 Å². The van der Waals surface area contributed by atoms with Crippen molar-refractivity contribution in [2.24, 2.45) is 11.0 Å². The van der Waals surface area contributed by atoms with Crippen LogP contribution in [-0.4, -0.2) is 29.6 Å². The first-order chi connectivity index (χ1) is 9.24. The van der Waals surface area contributed by atoms with E-state index in [0.29, 0.717) is 6.54 Å². The van der Waals surface area contributed by atoms with Gasteiger partial charge in [0.1, 0.15) is 0 Å². The second-order valence-electron chi connectivity index (χ2n) is 4.62. The molecule has 0 radical (unpaired) electrons. The summed E-state index contributed by atoms with van der Waals surface area (Å²) in [6, 6.07) is 9.35. The normalized spacial score (nSPS) is 20.9. The molecule has 1 heterocycles. The number of allylic oxidation sites excluding steroid dienone is 3.